The number of nitrogens with zero attached hydrogens (tertiary/aromatic N) is 2. The molecule has 0 radical (unpaired) electrons. The molecule has 5 nitrogen and oxygen atoms in total. The molecule has 84 valence electrons. The predicted octanol–water partition coefficient (Wildman–Crippen LogP) is 2.20. The normalized spacial score (nSPS) is 10.8. The van der Waals surface area contributed by atoms with E-state index in [2.05, 4.69) is 0 Å². The third-order valence-corrected chi connectivity index (χ3v) is 2.50. The molecular weight excluding hydrogens is 208 g/mol. The van der Waals surface area contributed by atoms with Gasteiger partial charge in [-0.1, -0.05) is 0 Å². The fourth-order valence-electron chi connectivity index (χ4n) is 1.69. The van der Waals surface area contributed by atoms with E-state index in [0.717, 1.165) is 17.4 Å². The molecule has 2 rings (SSSR count). The van der Waals surface area contributed by atoms with Gasteiger partial charge >= 0.3 is 0 Å². The minimum atomic E-state index is -0.383. The van der Waals surface area contributed by atoms with Crippen LogP contribution in [0.2, 0.25) is 0 Å². The van der Waals surface area contributed by atoms with Crippen LogP contribution in [-0.2, 0) is 11.3 Å². The first-order valence-electron chi connectivity index (χ1n) is 4.94. The van der Waals surface area contributed by atoms with E-state index in [-0.39, 0.29) is 10.6 Å². The summed E-state index contributed by atoms with van der Waals surface area (Å²) in [5.74, 6) is 0. The number of nitro groups is 1. The van der Waals surface area contributed by atoms with Crippen molar-refractivity contribution in [3.63, 3.8) is 0 Å². The van der Waals surface area contributed by atoms with E-state index in [1.807, 2.05) is 16.8 Å². The molecule has 1 aromatic heterocycles. The molecule has 0 aliphatic heterocycles. The van der Waals surface area contributed by atoms with E-state index in [4.69, 9.17) is 4.74 Å². The zero-order valence-electron chi connectivity index (χ0n) is 8.92. The Morgan fingerprint density at radius 1 is 1.44 bits per heavy atom. The Balaban J connectivity index is 2.38. The third kappa shape index (κ3) is 1.90. The minimum absolute atomic E-state index is 0.122. The van der Waals surface area contributed by atoms with Crippen molar-refractivity contribution in [2.24, 2.45) is 0 Å². The standard InChI is InChI=1S/C11H12N2O3/c1-16-7-6-12-5-4-9-8-10(13(14)15)2-3-11(9)12/h2-5,8H,6-7H2,1H3. The summed E-state index contributed by atoms with van der Waals surface area (Å²) in [4.78, 5) is 10.2. The highest BCUT2D eigenvalue weighted by molar-refractivity contribution is 5.82. The van der Waals surface area contributed by atoms with Crippen molar-refractivity contribution in [3.8, 4) is 0 Å². The van der Waals surface area contributed by atoms with Crippen LogP contribution in [-0.4, -0.2) is 23.2 Å². The second-order valence-corrected chi connectivity index (χ2v) is 3.50. The van der Waals surface area contributed by atoms with Crippen LogP contribution in [0.3, 0.4) is 0 Å². The summed E-state index contributed by atoms with van der Waals surface area (Å²) in [5.41, 5.74) is 1.11. The number of ether oxygens (including phenoxy) is 1. The smallest absolute Gasteiger partial charge is 0.270 e. The maximum Gasteiger partial charge on any atom is 0.270 e. The molecule has 1 heterocycles. The predicted molar refractivity (Wildman–Crippen MR) is 60.5 cm³/mol. The van der Waals surface area contributed by atoms with Gasteiger partial charge in [0.25, 0.3) is 5.69 Å². The lowest BCUT2D eigenvalue weighted by atomic mass is 10.2. The molecule has 0 saturated carbocycles. The molecule has 2 aromatic rings. The molecule has 0 fully saturated rings. The average molecular weight is 220 g/mol. The Morgan fingerprint density at radius 2 is 2.25 bits per heavy atom. The second-order valence-electron chi connectivity index (χ2n) is 3.50. The van der Waals surface area contributed by atoms with Crippen LogP contribution >= 0.6 is 0 Å². The molecule has 0 N–H and O–H groups in total. The van der Waals surface area contributed by atoms with Crippen LogP contribution in [0, 0.1) is 10.1 Å². The molecule has 0 bridgehead atoms. The maximum atomic E-state index is 10.6. The van der Waals surface area contributed by atoms with E-state index >= 15 is 0 Å². The quantitative estimate of drug-likeness (QED) is 0.586. The molecular formula is C11H12N2O3. The van der Waals surface area contributed by atoms with Crippen LogP contribution < -0.4 is 0 Å². The van der Waals surface area contributed by atoms with Gasteiger partial charge in [-0.25, -0.2) is 0 Å². The fourth-order valence-corrected chi connectivity index (χ4v) is 1.69. The lowest BCUT2D eigenvalue weighted by molar-refractivity contribution is -0.384. The van der Waals surface area contributed by atoms with Crippen LogP contribution in [0.15, 0.2) is 30.5 Å². The number of non-ortho nitro benzene ring substituents is 1. The number of methoxy groups -OCH3 is 1. The van der Waals surface area contributed by atoms with Gasteiger partial charge in [-0.2, -0.15) is 0 Å². The Labute approximate surface area is 92.4 Å². The van der Waals surface area contributed by atoms with Crippen LogP contribution in [0.25, 0.3) is 10.9 Å². The van der Waals surface area contributed by atoms with Gasteiger partial charge in [0.15, 0.2) is 0 Å². The van der Waals surface area contributed by atoms with Crippen molar-refractivity contribution in [1.29, 1.82) is 0 Å². The molecule has 1 aromatic carbocycles. The van der Waals surface area contributed by atoms with Gasteiger partial charge in [0.2, 0.25) is 0 Å². The first-order valence-corrected chi connectivity index (χ1v) is 4.94. The molecule has 5 heteroatoms. The molecule has 0 aliphatic rings. The molecule has 0 spiro atoms. The Hall–Kier alpha value is -1.88. The monoisotopic (exact) mass is 220 g/mol. The van der Waals surface area contributed by atoms with E-state index in [0.29, 0.717) is 6.61 Å². The lowest BCUT2D eigenvalue weighted by Gasteiger charge is -2.03. The van der Waals surface area contributed by atoms with Gasteiger partial charge in [-0.3, -0.25) is 10.1 Å². The third-order valence-electron chi connectivity index (χ3n) is 2.50. The van der Waals surface area contributed by atoms with Crippen LogP contribution in [0.1, 0.15) is 0 Å². The molecule has 0 atom stereocenters. The van der Waals surface area contributed by atoms with Gasteiger partial charge < -0.3 is 9.30 Å². The Kier molecular flexibility index (Phi) is 2.87. The van der Waals surface area contributed by atoms with Gasteiger partial charge in [-0.15, -0.1) is 0 Å². The van der Waals surface area contributed by atoms with Crippen LogP contribution in [0.5, 0.6) is 0 Å². The van der Waals surface area contributed by atoms with E-state index < -0.39 is 0 Å². The number of fused-ring (bicyclic) bond motifs is 1. The summed E-state index contributed by atoms with van der Waals surface area (Å²) >= 11 is 0. The number of rotatable bonds is 4. The first kappa shape index (κ1) is 10.6. The number of nitro benzene ring substituents is 1. The number of hydrogen-bond acceptors (Lipinski definition) is 3. The minimum Gasteiger partial charge on any atom is -0.383 e. The zero-order chi connectivity index (χ0) is 11.5. The molecule has 16 heavy (non-hydrogen) atoms. The Morgan fingerprint density at radius 3 is 2.94 bits per heavy atom. The van der Waals surface area contributed by atoms with Crippen molar-refractivity contribution >= 4 is 16.6 Å². The maximum absolute atomic E-state index is 10.6. The summed E-state index contributed by atoms with van der Waals surface area (Å²) in [6, 6.07) is 6.74. The summed E-state index contributed by atoms with van der Waals surface area (Å²) in [5, 5.41) is 11.5. The number of benzene rings is 1. The SMILES string of the molecule is COCCn1ccc2cc([N+](=O)[O-])ccc21. The second kappa shape index (κ2) is 4.32. The highest BCUT2D eigenvalue weighted by Gasteiger charge is 2.08. The largest absolute Gasteiger partial charge is 0.383 e. The highest BCUT2D eigenvalue weighted by Crippen LogP contribution is 2.21. The zero-order valence-corrected chi connectivity index (χ0v) is 8.92. The van der Waals surface area contributed by atoms with E-state index in [1.54, 1.807) is 19.2 Å². The van der Waals surface area contributed by atoms with Crippen molar-refractivity contribution in [1.82, 2.24) is 4.57 Å². The molecule has 0 unspecified atom stereocenters. The first-order chi connectivity index (χ1) is 7.72. The lowest BCUT2D eigenvalue weighted by Crippen LogP contribution is -2.02. The van der Waals surface area contributed by atoms with Crippen molar-refractivity contribution in [2.75, 3.05) is 13.7 Å². The molecule has 0 aliphatic carbocycles. The summed E-state index contributed by atoms with van der Waals surface area (Å²) in [6.45, 7) is 1.37. The van der Waals surface area contributed by atoms with Crippen LogP contribution in [0.4, 0.5) is 5.69 Å². The fraction of sp³-hybridized carbons (Fsp3) is 0.273. The summed E-state index contributed by atoms with van der Waals surface area (Å²) < 4.78 is 7.01. The van der Waals surface area contributed by atoms with Crippen molar-refractivity contribution in [3.05, 3.63) is 40.6 Å². The topological polar surface area (TPSA) is 57.3 Å². The van der Waals surface area contributed by atoms with E-state index in [1.165, 1.54) is 6.07 Å². The van der Waals surface area contributed by atoms with Gasteiger partial charge in [0.1, 0.15) is 0 Å². The molecule has 0 amide bonds. The van der Waals surface area contributed by atoms with Gasteiger partial charge in [-0.05, 0) is 12.1 Å². The molecule has 0 saturated heterocycles. The summed E-state index contributed by atoms with van der Waals surface area (Å²) in [7, 11) is 1.65. The van der Waals surface area contributed by atoms with E-state index in [9.17, 15) is 10.1 Å². The average Bonchev–Trinajstić information content (AvgIpc) is 2.68. The highest BCUT2D eigenvalue weighted by atomic mass is 16.6. The Bertz CT molecular complexity index is 519. The van der Waals surface area contributed by atoms with Gasteiger partial charge in [0.05, 0.1) is 11.5 Å². The number of hydrogen-bond donors (Lipinski definition) is 0. The summed E-state index contributed by atoms with van der Waals surface area (Å²) in [6.07, 6.45) is 1.91. The van der Waals surface area contributed by atoms with Crippen molar-refractivity contribution < 1.29 is 9.66 Å². The number of aromatic nitrogens is 1. The van der Waals surface area contributed by atoms with Crippen molar-refractivity contribution in [2.45, 2.75) is 6.54 Å². The van der Waals surface area contributed by atoms with Gasteiger partial charge in [0, 0.05) is 42.9 Å².